The van der Waals surface area contributed by atoms with Crippen LogP contribution < -0.4 is 0 Å². The molecule has 3 aromatic heterocycles. The quantitative estimate of drug-likeness (QED) is 0.175. The van der Waals surface area contributed by atoms with E-state index >= 15 is 0 Å². The van der Waals surface area contributed by atoms with Gasteiger partial charge in [-0.15, -0.1) is 11.3 Å². The molecule has 0 fully saturated rings. The third-order valence-corrected chi connectivity index (χ3v) is 12.9. The number of thiophene rings is 1. The second-order valence-corrected chi connectivity index (χ2v) is 16.0. The number of rotatable bonds is 5. The summed E-state index contributed by atoms with van der Waals surface area (Å²) in [6.07, 6.45) is 6.56. The summed E-state index contributed by atoms with van der Waals surface area (Å²) in [6, 6.07) is 58.0. The fourth-order valence-corrected chi connectivity index (χ4v) is 10.1. The first-order valence-electron chi connectivity index (χ1n) is 19.7. The summed E-state index contributed by atoms with van der Waals surface area (Å²) in [5.74, 6) is 1.87. The lowest BCUT2D eigenvalue weighted by Gasteiger charge is -2.14. The highest BCUT2D eigenvalue weighted by molar-refractivity contribution is 7.27. The van der Waals surface area contributed by atoms with Crippen molar-refractivity contribution in [1.82, 2.24) is 15.0 Å². The van der Waals surface area contributed by atoms with E-state index < -0.39 is 0 Å². The van der Waals surface area contributed by atoms with E-state index in [1.807, 2.05) is 29.5 Å². The van der Waals surface area contributed by atoms with Gasteiger partial charge in [-0.1, -0.05) is 152 Å². The molecule has 5 heteroatoms. The first-order chi connectivity index (χ1) is 28.7. The fourth-order valence-electron chi connectivity index (χ4n) is 8.73. The average molecular weight is 760 g/mol. The van der Waals surface area contributed by atoms with E-state index in [0.717, 1.165) is 68.2 Å². The number of allylic oxidation sites excluding steroid dienone is 1. The number of fused-ring (bicyclic) bond motifs is 9. The second kappa shape index (κ2) is 13.2. The molecular formula is C53H33N3OS. The molecule has 0 radical (unpaired) electrons. The van der Waals surface area contributed by atoms with Crippen molar-refractivity contribution < 1.29 is 4.42 Å². The third kappa shape index (κ3) is 5.32. The summed E-state index contributed by atoms with van der Waals surface area (Å²) in [6.45, 7) is 0. The van der Waals surface area contributed by atoms with Gasteiger partial charge in [0.25, 0.3) is 0 Å². The molecular weight excluding hydrogens is 727 g/mol. The minimum atomic E-state index is 0.607. The molecule has 0 bridgehead atoms. The third-order valence-electron chi connectivity index (χ3n) is 11.6. The zero-order valence-corrected chi connectivity index (χ0v) is 32.1. The van der Waals surface area contributed by atoms with Crippen molar-refractivity contribution in [1.29, 1.82) is 0 Å². The highest BCUT2D eigenvalue weighted by Crippen LogP contribution is 2.47. The van der Waals surface area contributed by atoms with Crippen molar-refractivity contribution in [2.75, 3.05) is 0 Å². The summed E-state index contributed by atoms with van der Waals surface area (Å²) >= 11 is 1.86. The van der Waals surface area contributed by atoms with E-state index in [0.29, 0.717) is 17.5 Å². The molecule has 0 spiro atoms. The molecule has 0 atom stereocenters. The summed E-state index contributed by atoms with van der Waals surface area (Å²) in [7, 11) is 0. The van der Waals surface area contributed by atoms with Crippen LogP contribution in [0.15, 0.2) is 174 Å². The molecule has 8 aromatic carbocycles. The minimum absolute atomic E-state index is 0.607. The molecule has 0 unspecified atom stereocenters. The summed E-state index contributed by atoms with van der Waals surface area (Å²) < 4.78 is 9.41. The van der Waals surface area contributed by atoms with Crippen molar-refractivity contribution in [3.8, 4) is 56.4 Å². The van der Waals surface area contributed by atoms with Gasteiger partial charge in [-0.25, -0.2) is 15.0 Å². The van der Waals surface area contributed by atoms with Crippen LogP contribution in [0.3, 0.4) is 0 Å². The number of benzene rings is 8. The van der Waals surface area contributed by atoms with E-state index in [1.165, 1.54) is 47.6 Å². The topological polar surface area (TPSA) is 51.8 Å². The predicted octanol–water partition coefficient (Wildman–Crippen LogP) is 14.6. The number of nitrogens with zero attached hydrogens (tertiary/aromatic N) is 3. The van der Waals surface area contributed by atoms with Gasteiger partial charge in [-0.2, -0.15) is 0 Å². The zero-order valence-electron chi connectivity index (χ0n) is 31.3. The van der Waals surface area contributed by atoms with E-state index in [-0.39, 0.29) is 0 Å². The van der Waals surface area contributed by atoms with Crippen LogP contribution in [0.4, 0.5) is 0 Å². The van der Waals surface area contributed by atoms with Gasteiger partial charge in [-0.3, -0.25) is 0 Å². The van der Waals surface area contributed by atoms with Crippen molar-refractivity contribution in [2.24, 2.45) is 0 Å². The Morgan fingerprint density at radius 2 is 1.16 bits per heavy atom. The van der Waals surface area contributed by atoms with Crippen molar-refractivity contribution >= 4 is 70.3 Å². The minimum Gasteiger partial charge on any atom is -0.455 e. The molecule has 58 heavy (non-hydrogen) atoms. The highest BCUT2D eigenvalue weighted by Gasteiger charge is 2.23. The van der Waals surface area contributed by atoms with Gasteiger partial charge in [0.15, 0.2) is 17.5 Å². The molecule has 11 aromatic rings. The SMILES string of the molecule is C1=Cc2cc(-c3nc(-c4ccc(-c5ccccc5)cc4)nc(-c4ccc(-c5cccc6c5sc5c7ccccc7ccc65)c5oc6ccccc6c45)n3)ccc2CC1. The molecule has 0 amide bonds. The number of hydrogen-bond donors (Lipinski definition) is 0. The fraction of sp³-hybridized carbons (Fsp3) is 0.0377. The Bertz CT molecular complexity index is 3450. The molecule has 4 nitrogen and oxygen atoms in total. The molecule has 0 saturated heterocycles. The monoisotopic (exact) mass is 759 g/mol. The number of para-hydroxylation sites is 1. The smallest absolute Gasteiger partial charge is 0.164 e. The molecule has 0 aliphatic heterocycles. The maximum Gasteiger partial charge on any atom is 0.164 e. The van der Waals surface area contributed by atoms with Crippen LogP contribution in [0.5, 0.6) is 0 Å². The molecule has 1 aliphatic rings. The van der Waals surface area contributed by atoms with Gasteiger partial charge in [0.05, 0.1) is 0 Å². The highest BCUT2D eigenvalue weighted by atomic mass is 32.1. The maximum absolute atomic E-state index is 6.87. The van der Waals surface area contributed by atoms with Gasteiger partial charge >= 0.3 is 0 Å². The van der Waals surface area contributed by atoms with Gasteiger partial charge in [0, 0.05) is 58.8 Å². The zero-order chi connectivity index (χ0) is 38.2. The van der Waals surface area contributed by atoms with E-state index in [1.54, 1.807) is 0 Å². The van der Waals surface area contributed by atoms with Crippen molar-refractivity contribution in [2.45, 2.75) is 12.8 Å². The van der Waals surface area contributed by atoms with Crippen LogP contribution in [0.25, 0.3) is 115 Å². The largest absolute Gasteiger partial charge is 0.455 e. The molecule has 3 heterocycles. The number of furan rings is 1. The Kier molecular flexibility index (Phi) is 7.50. The number of aryl methyl sites for hydroxylation is 1. The summed E-state index contributed by atoms with van der Waals surface area (Å²) in [4.78, 5) is 15.7. The Hall–Kier alpha value is -7.21. The van der Waals surface area contributed by atoms with E-state index in [2.05, 4.69) is 158 Å². The van der Waals surface area contributed by atoms with Crippen LogP contribution in [0, 0.1) is 0 Å². The van der Waals surface area contributed by atoms with Crippen LogP contribution in [0.2, 0.25) is 0 Å². The molecule has 272 valence electrons. The first-order valence-corrected chi connectivity index (χ1v) is 20.5. The van der Waals surface area contributed by atoms with Gasteiger partial charge < -0.3 is 4.42 Å². The number of hydrogen-bond acceptors (Lipinski definition) is 5. The van der Waals surface area contributed by atoms with Gasteiger partial charge in [0.2, 0.25) is 0 Å². The standard InChI is InChI=1S/C53H33N3OS/c1-2-11-32(12-3-1)34-21-24-36(25-22-34)51-54-52(38-26-23-33-13-4-5-15-37(33)31-38)56-53(55-51)45-30-29-40(48-47(45)44-17-8-9-20-46(44)57-48)41-18-10-19-42-43-28-27-35-14-6-7-16-39(35)49(43)58-50(41)42/h1-3,5-12,14-31H,4,13H2. The van der Waals surface area contributed by atoms with Crippen LogP contribution in [-0.4, -0.2) is 15.0 Å². The summed E-state index contributed by atoms with van der Waals surface area (Å²) in [5.41, 5.74) is 11.5. The summed E-state index contributed by atoms with van der Waals surface area (Å²) in [5, 5.41) is 7.08. The van der Waals surface area contributed by atoms with Crippen LogP contribution in [0.1, 0.15) is 17.5 Å². The Morgan fingerprint density at radius 1 is 0.466 bits per heavy atom. The maximum atomic E-state index is 6.87. The van der Waals surface area contributed by atoms with E-state index in [4.69, 9.17) is 19.4 Å². The van der Waals surface area contributed by atoms with Crippen LogP contribution in [-0.2, 0) is 6.42 Å². The Balaban J connectivity index is 1.08. The average Bonchev–Trinajstić information content (AvgIpc) is 3.89. The number of aromatic nitrogens is 3. The lowest BCUT2D eigenvalue weighted by atomic mass is 9.95. The van der Waals surface area contributed by atoms with E-state index in [9.17, 15) is 0 Å². The normalized spacial score (nSPS) is 12.6. The first kappa shape index (κ1) is 33.0. The lowest BCUT2D eigenvalue weighted by molar-refractivity contribution is 0.670. The second-order valence-electron chi connectivity index (χ2n) is 15.0. The van der Waals surface area contributed by atoms with Gasteiger partial charge in [0.1, 0.15) is 11.2 Å². The Morgan fingerprint density at radius 3 is 2.05 bits per heavy atom. The molecule has 1 aliphatic carbocycles. The molecule has 0 saturated carbocycles. The van der Waals surface area contributed by atoms with Crippen LogP contribution >= 0.6 is 11.3 Å². The molecule has 12 rings (SSSR count). The lowest BCUT2D eigenvalue weighted by Crippen LogP contribution is -2.02. The van der Waals surface area contributed by atoms with Gasteiger partial charge in [-0.05, 0) is 70.1 Å². The molecule has 0 N–H and O–H groups in total. The predicted molar refractivity (Wildman–Crippen MR) is 242 cm³/mol. The Labute approximate surface area is 338 Å². The van der Waals surface area contributed by atoms with Crippen molar-refractivity contribution in [3.05, 3.63) is 181 Å². The van der Waals surface area contributed by atoms with Crippen molar-refractivity contribution in [3.63, 3.8) is 0 Å².